The number of pyridine rings is 1. The summed E-state index contributed by atoms with van der Waals surface area (Å²) in [6.45, 7) is 1.49. The van der Waals surface area contributed by atoms with Gasteiger partial charge in [-0.05, 0) is 42.0 Å². The average molecular weight is 376 g/mol. The smallest absolute Gasteiger partial charge is 0.277 e. The second-order valence-electron chi connectivity index (χ2n) is 6.15. The maximum atomic E-state index is 11.9. The summed E-state index contributed by atoms with van der Waals surface area (Å²) in [7, 11) is 0. The molecular formula is C21H20N4O3. The van der Waals surface area contributed by atoms with Crippen molar-refractivity contribution in [2.45, 2.75) is 13.3 Å². The molecule has 0 unspecified atom stereocenters. The summed E-state index contributed by atoms with van der Waals surface area (Å²) in [6, 6.07) is 17.0. The zero-order valence-electron chi connectivity index (χ0n) is 15.4. The number of ether oxygens (including phenoxy) is 1. The number of benzene rings is 2. The number of rotatable bonds is 7. The van der Waals surface area contributed by atoms with E-state index in [4.69, 9.17) is 4.74 Å². The standard InChI is InChI=1S/C21H20N4O3/c1-15(11-20(26)23-18-7-4-10-22-13-18)24-25-21(27)14-28-19-9-8-16-5-2-3-6-17(16)12-19/h2-10,12-13H,11,14H2,1H3,(H,23,26)(H,25,27)/b24-15-. The molecule has 0 radical (unpaired) electrons. The summed E-state index contributed by atoms with van der Waals surface area (Å²) >= 11 is 0. The fourth-order valence-electron chi connectivity index (χ4n) is 2.51. The second kappa shape index (κ2) is 9.27. The molecule has 2 amide bonds. The average Bonchev–Trinajstić information content (AvgIpc) is 2.71. The Morgan fingerprint density at radius 1 is 1.04 bits per heavy atom. The van der Waals surface area contributed by atoms with Crippen molar-refractivity contribution in [1.82, 2.24) is 10.4 Å². The third-order valence-electron chi connectivity index (χ3n) is 3.82. The van der Waals surface area contributed by atoms with Crippen LogP contribution >= 0.6 is 0 Å². The number of hydrogen-bond donors (Lipinski definition) is 2. The molecular weight excluding hydrogens is 356 g/mol. The van der Waals surface area contributed by atoms with Crippen LogP contribution in [-0.4, -0.2) is 29.1 Å². The lowest BCUT2D eigenvalue weighted by Gasteiger charge is -2.07. The Balaban J connectivity index is 1.45. The van der Waals surface area contributed by atoms with Crippen LogP contribution in [0.1, 0.15) is 13.3 Å². The number of nitrogens with one attached hydrogen (secondary N) is 2. The number of hydrogen-bond acceptors (Lipinski definition) is 5. The van der Waals surface area contributed by atoms with Gasteiger partial charge in [0.2, 0.25) is 5.91 Å². The predicted octanol–water partition coefficient (Wildman–Crippen LogP) is 3.13. The quantitative estimate of drug-likeness (QED) is 0.489. The van der Waals surface area contributed by atoms with Gasteiger partial charge < -0.3 is 10.1 Å². The van der Waals surface area contributed by atoms with Crippen molar-refractivity contribution < 1.29 is 14.3 Å². The van der Waals surface area contributed by atoms with E-state index in [1.807, 2.05) is 42.5 Å². The van der Waals surface area contributed by atoms with Crippen LogP contribution in [0.5, 0.6) is 5.75 Å². The molecule has 0 saturated heterocycles. The molecule has 0 saturated carbocycles. The Labute approximate surface area is 162 Å². The molecule has 0 aliphatic rings. The van der Waals surface area contributed by atoms with Crippen LogP contribution in [-0.2, 0) is 9.59 Å². The summed E-state index contributed by atoms with van der Waals surface area (Å²) in [4.78, 5) is 27.8. The van der Waals surface area contributed by atoms with Gasteiger partial charge in [0.25, 0.3) is 5.91 Å². The van der Waals surface area contributed by atoms with Crippen molar-refractivity contribution >= 4 is 34.0 Å². The highest BCUT2D eigenvalue weighted by Crippen LogP contribution is 2.20. The van der Waals surface area contributed by atoms with Crippen LogP contribution < -0.4 is 15.5 Å². The SMILES string of the molecule is C/C(CC(=O)Nc1cccnc1)=N/NC(=O)COc1ccc2ccccc2c1. The van der Waals surface area contributed by atoms with Crippen molar-refractivity contribution in [1.29, 1.82) is 0 Å². The molecule has 142 valence electrons. The fourth-order valence-corrected chi connectivity index (χ4v) is 2.51. The molecule has 7 nitrogen and oxygen atoms in total. The molecule has 1 heterocycles. The largest absolute Gasteiger partial charge is 0.484 e. The molecule has 3 rings (SSSR count). The van der Waals surface area contributed by atoms with Gasteiger partial charge >= 0.3 is 0 Å². The molecule has 7 heteroatoms. The lowest BCUT2D eigenvalue weighted by atomic mass is 10.1. The van der Waals surface area contributed by atoms with E-state index in [0.717, 1.165) is 10.8 Å². The molecule has 2 aromatic carbocycles. The number of anilines is 1. The first kappa shape index (κ1) is 19.0. The van der Waals surface area contributed by atoms with Crippen molar-refractivity contribution in [3.63, 3.8) is 0 Å². The van der Waals surface area contributed by atoms with E-state index in [0.29, 0.717) is 17.1 Å². The first-order valence-corrected chi connectivity index (χ1v) is 8.73. The van der Waals surface area contributed by atoms with Gasteiger partial charge in [-0.1, -0.05) is 30.3 Å². The third kappa shape index (κ3) is 5.63. The minimum absolute atomic E-state index is 0.0563. The molecule has 0 fully saturated rings. The van der Waals surface area contributed by atoms with E-state index < -0.39 is 5.91 Å². The van der Waals surface area contributed by atoms with Gasteiger partial charge in [-0.25, -0.2) is 5.43 Å². The van der Waals surface area contributed by atoms with E-state index in [1.165, 1.54) is 0 Å². The van der Waals surface area contributed by atoms with Gasteiger partial charge in [0.15, 0.2) is 6.61 Å². The van der Waals surface area contributed by atoms with Crippen LogP contribution in [0.4, 0.5) is 5.69 Å². The minimum Gasteiger partial charge on any atom is -0.484 e. The highest BCUT2D eigenvalue weighted by atomic mass is 16.5. The van der Waals surface area contributed by atoms with Gasteiger partial charge in [-0.2, -0.15) is 5.10 Å². The van der Waals surface area contributed by atoms with Crippen molar-refractivity contribution in [3.8, 4) is 5.75 Å². The topological polar surface area (TPSA) is 92.7 Å². The zero-order chi connectivity index (χ0) is 19.8. The Hall–Kier alpha value is -3.74. The van der Waals surface area contributed by atoms with E-state index >= 15 is 0 Å². The number of aromatic nitrogens is 1. The summed E-state index contributed by atoms with van der Waals surface area (Å²) in [5, 5.41) is 8.77. The third-order valence-corrected chi connectivity index (χ3v) is 3.82. The summed E-state index contributed by atoms with van der Waals surface area (Å²) in [6.07, 6.45) is 3.23. The van der Waals surface area contributed by atoms with Crippen LogP contribution in [0.15, 0.2) is 72.1 Å². The second-order valence-corrected chi connectivity index (χ2v) is 6.15. The van der Waals surface area contributed by atoms with E-state index in [9.17, 15) is 9.59 Å². The first-order valence-electron chi connectivity index (χ1n) is 8.73. The normalized spacial score (nSPS) is 11.1. The molecule has 2 N–H and O–H groups in total. The van der Waals surface area contributed by atoms with E-state index in [-0.39, 0.29) is 18.9 Å². The minimum atomic E-state index is -0.403. The van der Waals surface area contributed by atoms with E-state index in [1.54, 1.807) is 31.5 Å². The lowest BCUT2D eigenvalue weighted by Crippen LogP contribution is -2.26. The summed E-state index contributed by atoms with van der Waals surface area (Å²) in [5.41, 5.74) is 3.47. The lowest BCUT2D eigenvalue weighted by molar-refractivity contribution is -0.123. The molecule has 0 aliphatic carbocycles. The first-order chi connectivity index (χ1) is 13.6. The van der Waals surface area contributed by atoms with Gasteiger partial charge in [0.05, 0.1) is 18.3 Å². The number of amides is 2. The summed E-state index contributed by atoms with van der Waals surface area (Å²) < 4.78 is 5.50. The Bertz CT molecular complexity index is 1000. The van der Waals surface area contributed by atoms with Gasteiger partial charge in [-0.15, -0.1) is 0 Å². The highest BCUT2D eigenvalue weighted by molar-refractivity contribution is 6.05. The number of carbonyl (C=O) groups excluding carboxylic acids is 2. The van der Waals surface area contributed by atoms with Crippen molar-refractivity contribution in [2.24, 2.45) is 5.10 Å². The highest BCUT2D eigenvalue weighted by Gasteiger charge is 2.06. The zero-order valence-corrected chi connectivity index (χ0v) is 15.4. The molecule has 0 aliphatic heterocycles. The van der Waals surface area contributed by atoms with E-state index in [2.05, 4.69) is 20.8 Å². The Morgan fingerprint density at radius 3 is 2.64 bits per heavy atom. The van der Waals surface area contributed by atoms with Crippen LogP contribution in [0.3, 0.4) is 0 Å². The predicted molar refractivity (Wildman–Crippen MR) is 108 cm³/mol. The number of fused-ring (bicyclic) bond motifs is 1. The van der Waals surface area contributed by atoms with Gasteiger partial charge in [-0.3, -0.25) is 14.6 Å². The maximum Gasteiger partial charge on any atom is 0.277 e. The molecule has 1 aromatic heterocycles. The van der Waals surface area contributed by atoms with Gasteiger partial charge in [0, 0.05) is 11.9 Å². The monoisotopic (exact) mass is 376 g/mol. The van der Waals surface area contributed by atoms with Crippen LogP contribution in [0, 0.1) is 0 Å². The number of hydrazone groups is 1. The van der Waals surface area contributed by atoms with Crippen LogP contribution in [0.2, 0.25) is 0 Å². The number of nitrogens with zero attached hydrogens (tertiary/aromatic N) is 2. The van der Waals surface area contributed by atoms with Crippen molar-refractivity contribution in [3.05, 3.63) is 67.0 Å². The summed E-state index contributed by atoms with van der Waals surface area (Å²) in [5.74, 6) is -0.0403. The maximum absolute atomic E-state index is 11.9. The molecule has 28 heavy (non-hydrogen) atoms. The van der Waals surface area contributed by atoms with Crippen LogP contribution in [0.25, 0.3) is 10.8 Å². The molecule has 3 aromatic rings. The Kier molecular flexibility index (Phi) is 6.30. The van der Waals surface area contributed by atoms with Crippen molar-refractivity contribution in [2.75, 3.05) is 11.9 Å². The number of carbonyl (C=O) groups is 2. The molecule has 0 atom stereocenters. The molecule has 0 bridgehead atoms. The molecule has 0 spiro atoms. The Morgan fingerprint density at radius 2 is 1.86 bits per heavy atom. The fraction of sp³-hybridized carbons (Fsp3) is 0.143. The van der Waals surface area contributed by atoms with Gasteiger partial charge in [0.1, 0.15) is 5.75 Å².